The molecule has 0 spiro atoms. The fraction of sp³-hybridized carbons (Fsp3) is 1.00. The molecular formula is C20H46Cl2N2O. The van der Waals surface area contributed by atoms with Crippen LogP contribution < -0.4 is 24.8 Å². The van der Waals surface area contributed by atoms with Gasteiger partial charge < -0.3 is 38.5 Å². The number of hydrogen-bond acceptors (Lipinski definition) is 1. The fourth-order valence-corrected chi connectivity index (χ4v) is 2.88. The third-order valence-corrected chi connectivity index (χ3v) is 4.92. The normalized spacial score (nSPS) is 11.8. The summed E-state index contributed by atoms with van der Waals surface area (Å²) in [6.45, 7) is 11.2. The van der Waals surface area contributed by atoms with Crippen LogP contribution in [0.4, 0.5) is 0 Å². The smallest absolute Gasteiger partial charge is 0.102 e. The van der Waals surface area contributed by atoms with Crippen LogP contribution in [-0.4, -0.2) is 76.5 Å². The van der Waals surface area contributed by atoms with Crippen molar-refractivity contribution in [1.82, 2.24) is 0 Å². The first-order valence-electron chi connectivity index (χ1n) is 10.0. The lowest BCUT2D eigenvalue weighted by Crippen LogP contribution is -3.00. The molecule has 0 N–H and O–H groups in total. The summed E-state index contributed by atoms with van der Waals surface area (Å²) in [4.78, 5) is 0. The molecular weight excluding hydrogens is 355 g/mol. The SMILES string of the molecule is CCCCCC[N+](C)(C)CCOCC[N+](C)(C)CCCCCC.[Cl-].[Cl-]. The Hall–Kier alpha value is 0.460. The number of unbranched alkanes of at least 4 members (excludes halogenated alkanes) is 6. The molecule has 0 fully saturated rings. The molecule has 5 heteroatoms. The van der Waals surface area contributed by atoms with Gasteiger partial charge in [0, 0.05) is 0 Å². The van der Waals surface area contributed by atoms with Gasteiger partial charge in [-0.15, -0.1) is 0 Å². The van der Waals surface area contributed by atoms with Gasteiger partial charge in [-0.2, -0.15) is 0 Å². The molecule has 0 aliphatic rings. The highest BCUT2D eigenvalue weighted by Crippen LogP contribution is 2.07. The van der Waals surface area contributed by atoms with Crippen LogP contribution in [0.15, 0.2) is 0 Å². The van der Waals surface area contributed by atoms with Crippen LogP contribution in [0.5, 0.6) is 0 Å². The third-order valence-electron chi connectivity index (χ3n) is 4.92. The molecule has 156 valence electrons. The quantitative estimate of drug-likeness (QED) is 0.222. The molecule has 0 unspecified atom stereocenters. The summed E-state index contributed by atoms with van der Waals surface area (Å²) in [5.74, 6) is 0. The molecule has 0 aromatic rings. The summed E-state index contributed by atoms with van der Waals surface area (Å²) < 4.78 is 8.12. The van der Waals surface area contributed by atoms with Crippen LogP contribution in [-0.2, 0) is 4.74 Å². The zero-order valence-electron chi connectivity index (χ0n) is 18.0. The molecule has 25 heavy (non-hydrogen) atoms. The highest BCUT2D eigenvalue weighted by Gasteiger charge is 2.16. The topological polar surface area (TPSA) is 9.23 Å². The zero-order chi connectivity index (χ0) is 17.6. The summed E-state index contributed by atoms with van der Waals surface area (Å²) in [5.41, 5.74) is 0. The lowest BCUT2D eigenvalue weighted by molar-refractivity contribution is -0.894. The maximum Gasteiger partial charge on any atom is 0.102 e. The molecule has 0 saturated heterocycles. The van der Waals surface area contributed by atoms with Gasteiger partial charge in [-0.3, -0.25) is 0 Å². The molecule has 0 saturated carbocycles. The van der Waals surface area contributed by atoms with E-state index in [4.69, 9.17) is 4.74 Å². The summed E-state index contributed by atoms with van der Waals surface area (Å²) >= 11 is 0. The molecule has 0 rings (SSSR count). The first-order valence-corrected chi connectivity index (χ1v) is 10.0. The van der Waals surface area contributed by atoms with Crippen LogP contribution in [0.2, 0.25) is 0 Å². The van der Waals surface area contributed by atoms with E-state index in [1.165, 1.54) is 64.5 Å². The number of ether oxygens (including phenoxy) is 1. The summed E-state index contributed by atoms with van der Waals surface area (Å²) in [6, 6.07) is 0. The van der Waals surface area contributed by atoms with Crippen molar-refractivity contribution in [1.29, 1.82) is 0 Å². The molecule has 0 aromatic carbocycles. The van der Waals surface area contributed by atoms with Gasteiger partial charge in [-0.05, 0) is 25.7 Å². The first-order chi connectivity index (χ1) is 10.8. The van der Waals surface area contributed by atoms with E-state index in [1.807, 2.05) is 0 Å². The van der Waals surface area contributed by atoms with Crippen molar-refractivity contribution < 1.29 is 38.5 Å². The van der Waals surface area contributed by atoms with Crippen LogP contribution in [0.1, 0.15) is 65.2 Å². The lowest BCUT2D eigenvalue weighted by Gasteiger charge is -2.31. The Morgan fingerprint density at radius 2 is 0.880 bits per heavy atom. The largest absolute Gasteiger partial charge is 1.00 e. The average molecular weight is 402 g/mol. The molecule has 0 aromatic heterocycles. The maximum absolute atomic E-state index is 5.93. The molecule has 0 bridgehead atoms. The predicted octanol–water partition coefficient (Wildman–Crippen LogP) is -1.68. The molecule has 0 heterocycles. The van der Waals surface area contributed by atoms with Crippen molar-refractivity contribution in [3.05, 3.63) is 0 Å². The minimum atomic E-state index is 0. The van der Waals surface area contributed by atoms with Gasteiger partial charge in [0.05, 0.1) is 54.5 Å². The number of likely N-dealkylation sites (N-methyl/N-ethyl adjacent to an activating group) is 2. The minimum Gasteiger partial charge on any atom is -1.00 e. The van der Waals surface area contributed by atoms with Crippen molar-refractivity contribution in [3.8, 4) is 0 Å². The predicted molar refractivity (Wildman–Crippen MR) is 103 cm³/mol. The number of quaternary nitrogens is 2. The Kier molecular flexibility index (Phi) is 21.6. The van der Waals surface area contributed by atoms with E-state index in [0.717, 1.165) is 35.3 Å². The van der Waals surface area contributed by atoms with E-state index < -0.39 is 0 Å². The summed E-state index contributed by atoms with van der Waals surface area (Å²) in [5, 5.41) is 0. The summed E-state index contributed by atoms with van der Waals surface area (Å²) in [6.07, 6.45) is 10.9. The number of hydrogen-bond donors (Lipinski definition) is 0. The van der Waals surface area contributed by atoms with Gasteiger partial charge in [-0.25, -0.2) is 0 Å². The minimum absolute atomic E-state index is 0. The summed E-state index contributed by atoms with van der Waals surface area (Å²) in [7, 11) is 9.35. The molecule has 0 radical (unpaired) electrons. The Morgan fingerprint density at radius 3 is 1.20 bits per heavy atom. The second-order valence-corrected chi connectivity index (χ2v) is 8.50. The third kappa shape index (κ3) is 20.6. The monoisotopic (exact) mass is 400 g/mol. The highest BCUT2D eigenvalue weighted by molar-refractivity contribution is 4.43. The van der Waals surface area contributed by atoms with Crippen molar-refractivity contribution in [2.45, 2.75) is 65.2 Å². The van der Waals surface area contributed by atoms with Crippen LogP contribution in [0.25, 0.3) is 0 Å². The van der Waals surface area contributed by atoms with E-state index in [-0.39, 0.29) is 24.8 Å². The van der Waals surface area contributed by atoms with Crippen LogP contribution in [0, 0.1) is 0 Å². The Labute approximate surface area is 171 Å². The number of rotatable bonds is 16. The maximum atomic E-state index is 5.93. The highest BCUT2D eigenvalue weighted by atomic mass is 35.5. The Balaban J connectivity index is -0.00000242. The Morgan fingerprint density at radius 1 is 0.520 bits per heavy atom. The molecule has 0 aliphatic heterocycles. The van der Waals surface area contributed by atoms with Crippen molar-refractivity contribution in [3.63, 3.8) is 0 Å². The van der Waals surface area contributed by atoms with Crippen LogP contribution in [0.3, 0.4) is 0 Å². The van der Waals surface area contributed by atoms with Gasteiger partial charge in [0.15, 0.2) is 0 Å². The lowest BCUT2D eigenvalue weighted by atomic mass is 10.2. The van der Waals surface area contributed by atoms with E-state index in [2.05, 4.69) is 42.0 Å². The standard InChI is InChI=1S/C20H46N2O.2ClH/c1-7-9-11-13-15-21(3,4)17-19-23-20-18-22(5,6)16-14-12-10-8-2;;/h7-20H2,1-6H3;2*1H/q+2;;/p-2. The molecule has 0 atom stereocenters. The average Bonchev–Trinajstić information content (AvgIpc) is 2.48. The fourth-order valence-electron chi connectivity index (χ4n) is 2.88. The van der Waals surface area contributed by atoms with E-state index in [0.29, 0.717) is 0 Å². The van der Waals surface area contributed by atoms with Gasteiger partial charge in [-0.1, -0.05) is 39.5 Å². The molecule has 0 amide bonds. The van der Waals surface area contributed by atoms with Gasteiger partial charge in [0.25, 0.3) is 0 Å². The molecule has 0 aliphatic carbocycles. The first kappa shape index (κ1) is 30.2. The molecule has 3 nitrogen and oxygen atoms in total. The van der Waals surface area contributed by atoms with E-state index >= 15 is 0 Å². The van der Waals surface area contributed by atoms with Gasteiger partial charge >= 0.3 is 0 Å². The Bertz CT molecular complexity index is 248. The van der Waals surface area contributed by atoms with Crippen LogP contribution >= 0.6 is 0 Å². The van der Waals surface area contributed by atoms with Crippen molar-refractivity contribution in [2.24, 2.45) is 0 Å². The second-order valence-electron chi connectivity index (χ2n) is 8.50. The van der Waals surface area contributed by atoms with Crippen molar-refractivity contribution >= 4 is 0 Å². The van der Waals surface area contributed by atoms with Gasteiger partial charge in [0.1, 0.15) is 13.1 Å². The van der Waals surface area contributed by atoms with E-state index in [1.54, 1.807) is 0 Å². The second kappa shape index (κ2) is 17.9. The van der Waals surface area contributed by atoms with Crippen molar-refractivity contribution in [2.75, 3.05) is 67.6 Å². The van der Waals surface area contributed by atoms with E-state index in [9.17, 15) is 0 Å². The van der Waals surface area contributed by atoms with Gasteiger partial charge in [0.2, 0.25) is 0 Å². The number of nitrogens with zero attached hydrogens (tertiary/aromatic N) is 2. The number of halogens is 2. The zero-order valence-corrected chi connectivity index (χ0v) is 19.5.